The van der Waals surface area contributed by atoms with Crippen molar-refractivity contribution in [3.8, 4) is 0 Å². The second kappa shape index (κ2) is 8.35. The van der Waals surface area contributed by atoms with E-state index in [0.717, 1.165) is 26.1 Å². The Labute approximate surface area is 152 Å². The van der Waals surface area contributed by atoms with Gasteiger partial charge in [-0.25, -0.2) is 0 Å². The molecule has 8 nitrogen and oxygen atoms in total. The molecular formula is C18H26N4O4. The SMILES string of the molecule is O=C(O)CCNC(=O)c1cc2n(c1)CCN(CCC1CCNCC1)C2=O. The van der Waals surface area contributed by atoms with Crippen LogP contribution in [0.1, 0.15) is 46.5 Å². The molecule has 1 aromatic rings. The normalized spacial score (nSPS) is 17.8. The molecule has 2 aliphatic heterocycles. The third kappa shape index (κ3) is 4.43. The molecule has 0 unspecified atom stereocenters. The summed E-state index contributed by atoms with van der Waals surface area (Å²) in [5, 5.41) is 14.6. The van der Waals surface area contributed by atoms with Gasteiger partial charge in [-0.15, -0.1) is 0 Å². The Morgan fingerprint density at radius 1 is 1.27 bits per heavy atom. The first-order valence-corrected chi connectivity index (χ1v) is 9.25. The van der Waals surface area contributed by atoms with Crippen LogP contribution in [0.3, 0.4) is 0 Å². The summed E-state index contributed by atoms with van der Waals surface area (Å²) >= 11 is 0. The largest absolute Gasteiger partial charge is 0.481 e. The maximum atomic E-state index is 12.7. The van der Waals surface area contributed by atoms with Gasteiger partial charge in [0.05, 0.1) is 12.0 Å². The third-order valence-electron chi connectivity index (χ3n) is 5.17. The number of carbonyl (C=O) groups is 3. The quantitative estimate of drug-likeness (QED) is 0.657. The number of amides is 2. The number of nitrogens with one attached hydrogen (secondary N) is 2. The molecule has 0 radical (unpaired) electrons. The van der Waals surface area contributed by atoms with Crippen LogP contribution in [-0.2, 0) is 11.3 Å². The van der Waals surface area contributed by atoms with Crippen molar-refractivity contribution in [2.45, 2.75) is 32.2 Å². The maximum Gasteiger partial charge on any atom is 0.305 e. The zero-order valence-corrected chi connectivity index (χ0v) is 14.9. The zero-order valence-electron chi connectivity index (χ0n) is 14.9. The van der Waals surface area contributed by atoms with E-state index in [-0.39, 0.29) is 24.8 Å². The molecule has 3 N–H and O–H groups in total. The number of carboxylic acid groups (broad SMARTS) is 1. The summed E-state index contributed by atoms with van der Waals surface area (Å²) in [7, 11) is 0. The van der Waals surface area contributed by atoms with E-state index in [0.29, 0.717) is 30.3 Å². The lowest BCUT2D eigenvalue weighted by Crippen LogP contribution is -2.41. The summed E-state index contributed by atoms with van der Waals surface area (Å²) in [6.45, 7) is 4.28. The predicted molar refractivity (Wildman–Crippen MR) is 95.1 cm³/mol. The molecule has 3 rings (SSSR count). The van der Waals surface area contributed by atoms with E-state index in [9.17, 15) is 14.4 Å². The average molecular weight is 362 g/mol. The molecule has 0 atom stereocenters. The van der Waals surface area contributed by atoms with Crippen LogP contribution in [0.2, 0.25) is 0 Å². The molecule has 1 saturated heterocycles. The summed E-state index contributed by atoms with van der Waals surface area (Å²) in [6.07, 6.45) is 4.91. The Hall–Kier alpha value is -2.35. The fourth-order valence-corrected chi connectivity index (χ4v) is 3.60. The molecule has 142 valence electrons. The number of piperidine rings is 1. The molecule has 8 heteroatoms. The Kier molecular flexibility index (Phi) is 5.92. The smallest absolute Gasteiger partial charge is 0.305 e. The number of aliphatic carboxylic acids is 1. The van der Waals surface area contributed by atoms with E-state index in [1.54, 1.807) is 12.3 Å². The highest BCUT2D eigenvalue weighted by molar-refractivity contribution is 5.99. The van der Waals surface area contributed by atoms with Crippen molar-refractivity contribution in [3.63, 3.8) is 0 Å². The molecule has 2 amide bonds. The van der Waals surface area contributed by atoms with E-state index in [4.69, 9.17) is 5.11 Å². The van der Waals surface area contributed by atoms with Crippen molar-refractivity contribution in [2.75, 3.05) is 32.7 Å². The van der Waals surface area contributed by atoms with Crippen LogP contribution < -0.4 is 10.6 Å². The molecule has 0 spiro atoms. The van der Waals surface area contributed by atoms with Crippen LogP contribution in [0.5, 0.6) is 0 Å². The van der Waals surface area contributed by atoms with Gasteiger partial charge in [0.15, 0.2) is 0 Å². The fraction of sp³-hybridized carbons (Fsp3) is 0.611. The Morgan fingerprint density at radius 3 is 2.77 bits per heavy atom. The van der Waals surface area contributed by atoms with Crippen LogP contribution in [0.15, 0.2) is 12.3 Å². The van der Waals surface area contributed by atoms with Crippen molar-refractivity contribution in [2.24, 2.45) is 5.92 Å². The number of hydrogen-bond acceptors (Lipinski definition) is 4. The highest BCUT2D eigenvalue weighted by atomic mass is 16.4. The van der Waals surface area contributed by atoms with Crippen molar-refractivity contribution >= 4 is 17.8 Å². The molecular weight excluding hydrogens is 336 g/mol. The lowest BCUT2D eigenvalue weighted by molar-refractivity contribution is -0.136. The van der Waals surface area contributed by atoms with Gasteiger partial charge in [0.25, 0.3) is 11.8 Å². The van der Waals surface area contributed by atoms with Gasteiger partial charge in [0, 0.05) is 32.4 Å². The van der Waals surface area contributed by atoms with Crippen molar-refractivity contribution in [1.82, 2.24) is 20.1 Å². The number of rotatable bonds is 7. The molecule has 26 heavy (non-hydrogen) atoms. The zero-order chi connectivity index (χ0) is 18.5. The van der Waals surface area contributed by atoms with Gasteiger partial charge in [0.2, 0.25) is 0 Å². The lowest BCUT2D eigenvalue weighted by Gasteiger charge is -2.30. The molecule has 0 bridgehead atoms. The standard InChI is InChI=1S/C18H26N4O4/c23-16(24)3-7-20-17(25)14-11-15-18(26)21(9-10-22(15)12-14)8-4-13-1-5-19-6-2-13/h11-13,19H,1-10H2,(H,20,25)(H,23,24). The van der Waals surface area contributed by atoms with Gasteiger partial charge in [-0.2, -0.15) is 0 Å². The summed E-state index contributed by atoms with van der Waals surface area (Å²) in [5.41, 5.74) is 0.934. The molecule has 1 aromatic heterocycles. The predicted octanol–water partition coefficient (Wildman–Crippen LogP) is 0.538. The van der Waals surface area contributed by atoms with E-state index in [1.807, 2.05) is 9.47 Å². The van der Waals surface area contributed by atoms with Gasteiger partial charge >= 0.3 is 5.97 Å². The molecule has 1 fully saturated rings. The summed E-state index contributed by atoms with van der Waals surface area (Å²) in [5.74, 6) is -0.661. The highest BCUT2D eigenvalue weighted by Crippen LogP contribution is 2.20. The molecule has 0 aliphatic carbocycles. The first-order chi connectivity index (χ1) is 12.5. The summed E-state index contributed by atoms with van der Waals surface area (Å²) in [6, 6.07) is 1.61. The molecule has 0 aromatic carbocycles. The minimum Gasteiger partial charge on any atom is -0.481 e. The fourth-order valence-electron chi connectivity index (χ4n) is 3.60. The monoisotopic (exact) mass is 362 g/mol. The summed E-state index contributed by atoms with van der Waals surface area (Å²) < 4.78 is 1.81. The number of hydrogen-bond donors (Lipinski definition) is 3. The van der Waals surface area contributed by atoms with Gasteiger partial charge < -0.3 is 25.2 Å². The number of aromatic nitrogens is 1. The van der Waals surface area contributed by atoms with Gasteiger partial charge in [-0.05, 0) is 44.3 Å². The van der Waals surface area contributed by atoms with Gasteiger partial charge in [-0.1, -0.05) is 0 Å². The van der Waals surface area contributed by atoms with E-state index in [1.165, 1.54) is 12.8 Å². The highest BCUT2D eigenvalue weighted by Gasteiger charge is 2.27. The third-order valence-corrected chi connectivity index (χ3v) is 5.17. The van der Waals surface area contributed by atoms with Gasteiger partial charge in [-0.3, -0.25) is 14.4 Å². The lowest BCUT2D eigenvalue weighted by atomic mass is 9.94. The second-order valence-electron chi connectivity index (χ2n) is 6.98. The molecule has 0 saturated carbocycles. The van der Waals surface area contributed by atoms with Crippen LogP contribution >= 0.6 is 0 Å². The maximum absolute atomic E-state index is 12.7. The van der Waals surface area contributed by atoms with Crippen molar-refractivity contribution in [3.05, 3.63) is 23.5 Å². The number of carboxylic acids is 1. The molecule has 3 heterocycles. The van der Waals surface area contributed by atoms with Crippen LogP contribution in [0.4, 0.5) is 0 Å². The number of fused-ring (bicyclic) bond motifs is 1. The average Bonchev–Trinajstić information content (AvgIpc) is 3.07. The summed E-state index contributed by atoms with van der Waals surface area (Å²) in [4.78, 5) is 37.2. The van der Waals surface area contributed by atoms with Crippen LogP contribution in [0.25, 0.3) is 0 Å². The topological polar surface area (TPSA) is 104 Å². The van der Waals surface area contributed by atoms with E-state index in [2.05, 4.69) is 10.6 Å². The Bertz CT molecular complexity index is 679. The van der Waals surface area contributed by atoms with Gasteiger partial charge in [0.1, 0.15) is 5.69 Å². The minimum atomic E-state index is -0.957. The van der Waals surface area contributed by atoms with Crippen molar-refractivity contribution in [1.29, 1.82) is 0 Å². The number of carbonyl (C=O) groups excluding carboxylic acids is 2. The first-order valence-electron chi connectivity index (χ1n) is 9.25. The van der Waals surface area contributed by atoms with Crippen molar-refractivity contribution < 1.29 is 19.5 Å². The Morgan fingerprint density at radius 2 is 2.04 bits per heavy atom. The number of nitrogens with zero attached hydrogens (tertiary/aromatic N) is 2. The van der Waals surface area contributed by atoms with Crippen LogP contribution in [0, 0.1) is 5.92 Å². The minimum absolute atomic E-state index is 0.0326. The Balaban J connectivity index is 1.56. The van der Waals surface area contributed by atoms with E-state index < -0.39 is 5.97 Å². The molecule has 2 aliphatic rings. The second-order valence-corrected chi connectivity index (χ2v) is 6.98. The van der Waals surface area contributed by atoms with Crippen LogP contribution in [-0.4, -0.2) is 65.1 Å². The first kappa shape index (κ1) is 18.4. The van der Waals surface area contributed by atoms with E-state index >= 15 is 0 Å².